The van der Waals surface area contributed by atoms with E-state index in [9.17, 15) is 27.6 Å². The zero-order valence-corrected chi connectivity index (χ0v) is 22.4. The summed E-state index contributed by atoms with van der Waals surface area (Å²) in [4.78, 5) is 49.6. The fourth-order valence-electron chi connectivity index (χ4n) is 6.02. The van der Waals surface area contributed by atoms with Gasteiger partial charge in [0.15, 0.2) is 6.61 Å². The van der Waals surface area contributed by atoms with Crippen LogP contribution < -0.4 is 17.0 Å². The lowest BCUT2D eigenvalue weighted by molar-refractivity contribution is 0.0474. The van der Waals surface area contributed by atoms with Gasteiger partial charge in [0, 0.05) is 26.7 Å². The van der Waals surface area contributed by atoms with Crippen molar-refractivity contribution in [2.75, 3.05) is 18.9 Å². The van der Waals surface area contributed by atoms with Gasteiger partial charge in [0.1, 0.15) is 11.4 Å². The average molecular weight is 533 g/mol. The number of Topliss-reactive ketones (excluding diaryl/α,β-unsaturated/α-hetero) is 1. The van der Waals surface area contributed by atoms with E-state index in [0.29, 0.717) is 6.54 Å². The summed E-state index contributed by atoms with van der Waals surface area (Å²) < 4.78 is 35.4. The Bertz CT molecular complexity index is 1520. The van der Waals surface area contributed by atoms with E-state index in [0.717, 1.165) is 28.4 Å². The van der Waals surface area contributed by atoms with Gasteiger partial charge in [-0.25, -0.2) is 18.0 Å². The van der Waals surface area contributed by atoms with Gasteiger partial charge in [-0.15, -0.1) is 0 Å². The Morgan fingerprint density at radius 1 is 1.11 bits per heavy atom. The molecule has 11 nitrogen and oxygen atoms in total. The molecule has 1 saturated carbocycles. The number of aromatic nitrogens is 2. The Morgan fingerprint density at radius 3 is 2.46 bits per heavy atom. The van der Waals surface area contributed by atoms with Gasteiger partial charge >= 0.3 is 11.7 Å². The maximum Gasteiger partial charge on any atom is 0.338 e. The number of nitrogens with two attached hydrogens (primary N) is 1. The Hall–Kier alpha value is -3.25. The van der Waals surface area contributed by atoms with E-state index in [1.807, 2.05) is 0 Å². The first-order valence-electron chi connectivity index (χ1n) is 11.9. The van der Waals surface area contributed by atoms with Crippen LogP contribution in [0.4, 0.5) is 5.82 Å². The monoisotopic (exact) mass is 532 g/mol. The first-order valence-corrected chi connectivity index (χ1v) is 13.4. The lowest BCUT2D eigenvalue weighted by atomic mass is 9.65. The second kappa shape index (κ2) is 8.95. The Labute approximate surface area is 214 Å². The van der Waals surface area contributed by atoms with E-state index in [4.69, 9.17) is 10.5 Å². The SMILES string of the molecule is Cn1c(N)c(C(=O)COC(=O)c2cccc(S(=O)(=O)N3C[C@@]4(C)C[C@@H]3CC(C)(C)C4)c2)c(=O)n(C)c1=O. The molecule has 0 radical (unpaired) electrons. The molecule has 1 saturated heterocycles. The molecule has 2 fully saturated rings. The summed E-state index contributed by atoms with van der Waals surface area (Å²) in [6, 6.07) is 5.39. The summed E-state index contributed by atoms with van der Waals surface area (Å²) in [7, 11) is -1.36. The zero-order chi connectivity index (χ0) is 27.5. The summed E-state index contributed by atoms with van der Waals surface area (Å²) in [6.07, 6.45) is 2.50. The van der Waals surface area contributed by atoms with Crippen molar-refractivity contribution < 1.29 is 22.7 Å². The van der Waals surface area contributed by atoms with Crippen molar-refractivity contribution in [2.24, 2.45) is 24.9 Å². The van der Waals surface area contributed by atoms with Gasteiger partial charge in [0.25, 0.3) is 5.56 Å². The molecule has 0 spiro atoms. The molecule has 2 atom stereocenters. The number of anilines is 1. The van der Waals surface area contributed by atoms with E-state index < -0.39 is 45.2 Å². The molecule has 2 aromatic rings. The number of rotatable bonds is 6. The van der Waals surface area contributed by atoms with Crippen molar-refractivity contribution in [3.63, 3.8) is 0 Å². The molecule has 4 rings (SSSR count). The molecule has 2 bridgehead atoms. The van der Waals surface area contributed by atoms with Gasteiger partial charge in [-0.3, -0.25) is 18.7 Å². The summed E-state index contributed by atoms with van der Waals surface area (Å²) in [5.74, 6) is -2.15. The summed E-state index contributed by atoms with van der Waals surface area (Å²) in [6.45, 7) is 6.04. The third kappa shape index (κ3) is 4.75. The largest absolute Gasteiger partial charge is 0.454 e. The van der Waals surface area contributed by atoms with Crippen molar-refractivity contribution in [1.82, 2.24) is 13.4 Å². The standard InChI is InChI=1S/C25H32N4O7S/c1-24(2)10-16-11-25(3,13-24)14-29(16)37(34,35)17-8-6-7-15(9-17)22(32)36-12-18(30)19-20(26)27(4)23(33)28(5)21(19)31/h6-9,16H,10-14,26H2,1-5H3/t16-,25-/m0/s1. The van der Waals surface area contributed by atoms with Crippen molar-refractivity contribution >= 4 is 27.6 Å². The lowest BCUT2D eigenvalue weighted by Gasteiger charge is -2.39. The average Bonchev–Trinajstić information content (AvgIpc) is 3.09. The molecule has 2 aliphatic rings. The van der Waals surface area contributed by atoms with Crippen LogP contribution in [0.5, 0.6) is 0 Å². The molecule has 1 aliphatic heterocycles. The third-order valence-corrected chi connectivity index (χ3v) is 9.26. The lowest BCUT2D eigenvalue weighted by Crippen LogP contribution is -2.42. The van der Waals surface area contributed by atoms with Crippen LogP contribution in [-0.4, -0.2) is 52.8 Å². The number of fused-ring (bicyclic) bond motifs is 2. The quantitative estimate of drug-likeness (QED) is 0.432. The third-order valence-electron chi connectivity index (χ3n) is 7.37. The topological polar surface area (TPSA) is 151 Å². The van der Waals surface area contributed by atoms with Crippen LogP contribution in [-0.2, 0) is 28.9 Å². The predicted molar refractivity (Wildman–Crippen MR) is 136 cm³/mol. The van der Waals surface area contributed by atoms with Crippen molar-refractivity contribution in [3.8, 4) is 0 Å². The zero-order valence-electron chi connectivity index (χ0n) is 21.6. The predicted octanol–water partition coefficient (Wildman–Crippen LogP) is 1.30. The van der Waals surface area contributed by atoms with Gasteiger partial charge in [-0.1, -0.05) is 26.8 Å². The van der Waals surface area contributed by atoms with Crippen LogP contribution in [0.1, 0.15) is 60.7 Å². The molecular formula is C25H32N4O7S. The molecule has 2 heterocycles. The minimum atomic E-state index is -3.87. The minimum Gasteiger partial charge on any atom is -0.454 e. The normalized spacial score (nSPS) is 23.1. The molecule has 1 aromatic heterocycles. The molecule has 37 heavy (non-hydrogen) atoms. The van der Waals surface area contributed by atoms with E-state index in [2.05, 4.69) is 20.8 Å². The van der Waals surface area contributed by atoms with Gasteiger partial charge in [-0.05, 0) is 48.3 Å². The number of hydrogen-bond acceptors (Lipinski definition) is 8. The van der Waals surface area contributed by atoms with Crippen LogP contribution in [0.3, 0.4) is 0 Å². The second-order valence-electron chi connectivity index (χ2n) is 11.3. The van der Waals surface area contributed by atoms with Crippen molar-refractivity contribution in [2.45, 2.75) is 51.0 Å². The molecule has 2 N–H and O–H groups in total. The Morgan fingerprint density at radius 2 is 1.78 bits per heavy atom. The molecule has 1 aromatic carbocycles. The van der Waals surface area contributed by atoms with Gasteiger partial charge in [0.05, 0.1) is 10.5 Å². The van der Waals surface area contributed by atoms with Crippen LogP contribution >= 0.6 is 0 Å². The molecule has 12 heteroatoms. The van der Waals surface area contributed by atoms with E-state index in [1.54, 1.807) is 4.31 Å². The number of ketones is 1. The number of sulfonamides is 1. The molecule has 200 valence electrons. The fraction of sp³-hybridized carbons (Fsp3) is 0.520. The number of esters is 1. The van der Waals surface area contributed by atoms with Crippen LogP contribution in [0.15, 0.2) is 38.8 Å². The molecule has 0 amide bonds. The highest BCUT2D eigenvalue weighted by molar-refractivity contribution is 7.89. The second-order valence-corrected chi connectivity index (χ2v) is 13.1. The van der Waals surface area contributed by atoms with Gasteiger partial charge in [0.2, 0.25) is 15.8 Å². The van der Waals surface area contributed by atoms with E-state index in [-0.39, 0.29) is 33.1 Å². The van der Waals surface area contributed by atoms with Crippen LogP contribution in [0.2, 0.25) is 0 Å². The number of carbonyl (C=O) groups is 2. The highest BCUT2D eigenvalue weighted by Gasteiger charge is 2.53. The van der Waals surface area contributed by atoms with E-state index in [1.165, 1.54) is 38.4 Å². The summed E-state index contributed by atoms with van der Waals surface area (Å²) in [5, 5.41) is 0. The maximum atomic E-state index is 13.6. The minimum absolute atomic E-state index is 0.0293. The van der Waals surface area contributed by atoms with Gasteiger partial charge in [-0.2, -0.15) is 4.31 Å². The molecular weight excluding hydrogens is 500 g/mol. The van der Waals surface area contributed by atoms with Crippen LogP contribution in [0, 0.1) is 10.8 Å². The van der Waals surface area contributed by atoms with E-state index >= 15 is 0 Å². The first-order chi connectivity index (χ1) is 17.1. The smallest absolute Gasteiger partial charge is 0.338 e. The Kier molecular flexibility index (Phi) is 6.48. The summed E-state index contributed by atoms with van der Waals surface area (Å²) in [5.41, 5.74) is 3.60. The highest BCUT2D eigenvalue weighted by atomic mass is 32.2. The fourth-order valence-corrected chi connectivity index (χ4v) is 7.84. The highest BCUT2D eigenvalue weighted by Crippen LogP contribution is 2.53. The van der Waals surface area contributed by atoms with Crippen LogP contribution in [0.25, 0.3) is 0 Å². The molecule has 1 aliphatic carbocycles. The number of carbonyl (C=O) groups excluding carboxylic acids is 2. The number of benzene rings is 1. The number of nitrogen functional groups attached to an aromatic ring is 1. The van der Waals surface area contributed by atoms with Crippen molar-refractivity contribution in [3.05, 3.63) is 56.2 Å². The number of hydrogen-bond donors (Lipinski definition) is 1. The summed E-state index contributed by atoms with van der Waals surface area (Å²) >= 11 is 0. The Balaban J connectivity index is 1.53. The maximum absolute atomic E-state index is 13.6. The number of ether oxygens (including phenoxy) is 1. The van der Waals surface area contributed by atoms with Crippen molar-refractivity contribution in [1.29, 1.82) is 0 Å². The molecule has 0 unspecified atom stereocenters. The van der Waals surface area contributed by atoms with Gasteiger partial charge < -0.3 is 10.5 Å². The number of nitrogens with zero attached hydrogens (tertiary/aromatic N) is 3. The first kappa shape index (κ1) is 26.8.